The van der Waals surface area contributed by atoms with E-state index in [0.717, 1.165) is 0 Å². The van der Waals surface area contributed by atoms with Crippen LogP contribution in [-0.4, -0.2) is 20.2 Å². The van der Waals surface area contributed by atoms with Crippen LogP contribution < -0.4 is 10.5 Å². The van der Waals surface area contributed by atoms with Gasteiger partial charge in [0.1, 0.15) is 11.6 Å². The summed E-state index contributed by atoms with van der Waals surface area (Å²) in [5.74, 6) is -0.499. The summed E-state index contributed by atoms with van der Waals surface area (Å²) in [5, 5.41) is 0. The Kier molecular flexibility index (Phi) is 4.25. The lowest BCUT2D eigenvalue weighted by atomic mass is 10.0. The smallest absolute Gasteiger partial charge is 0.307 e. The Morgan fingerprint density at radius 2 is 2.19 bits per heavy atom. The molecule has 2 N–H and O–H groups in total. The van der Waals surface area contributed by atoms with E-state index in [1.54, 1.807) is 0 Å². The molecule has 1 rings (SSSR count). The minimum Gasteiger partial charge on any atom is -0.496 e. The lowest BCUT2D eigenvalue weighted by Crippen LogP contribution is -2.17. The molecule has 0 unspecified atom stereocenters. The Balaban J connectivity index is 2.90. The van der Waals surface area contributed by atoms with Gasteiger partial charge in [0.15, 0.2) is 0 Å². The third kappa shape index (κ3) is 2.93. The number of rotatable bonds is 4. The van der Waals surface area contributed by atoms with Crippen molar-refractivity contribution in [1.82, 2.24) is 0 Å². The predicted octanol–water partition coefficient (Wildman–Crippen LogP) is 1.40. The van der Waals surface area contributed by atoms with Gasteiger partial charge in [-0.15, -0.1) is 0 Å². The van der Waals surface area contributed by atoms with Crippen LogP contribution in [0.5, 0.6) is 5.75 Å². The highest BCUT2D eigenvalue weighted by Gasteiger charge is 2.16. The van der Waals surface area contributed by atoms with E-state index in [0.29, 0.717) is 11.3 Å². The molecule has 0 fully saturated rings. The molecule has 4 nitrogen and oxygen atoms in total. The standard InChI is InChI=1S/C11H14FNO3/c1-15-10-5-7(12)3-4-8(10)9(13)6-11(14)16-2/h3-5,9H,6,13H2,1-2H3/t9-/m1/s1. The van der Waals surface area contributed by atoms with E-state index in [4.69, 9.17) is 10.5 Å². The van der Waals surface area contributed by atoms with E-state index in [2.05, 4.69) is 4.74 Å². The maximum Gasteiger partial charge on any atom is 0.307 e. The van der Waals surface area contributed by atoms with Gasteiger partial charge in [0.05, 0.1) is 20.6 Å². The van der Waals surface area contributed by atoms with Gasteiger partial charge < -0.3 is 15.2 Å². The number of carbonyl (C=O) groups is 1. The lowest BCUT2D eigenvalue weighted by Gasteiger charge is -2.14. The number of carbonyl (C=O) groups excluding carboxylic acids is 1. The Morgan fingerprint density at radius 1 is 1.50 bits per heavy atom. The highest BCUT2D eigenvalue weighted by atomic mass is 19.1. The normalized spacial score (nSPS) is 12.0. The second-order valence-electron chi connectivity index (χ2n) is 3.27. The van der Waals surface area contributed by atoms with E-state index in [-0.39, 0.29) is 6.42 Å². The van der Waals surface area contributed by atoms with Crippen LogP contribution >= 0.6 is 0 Å². The molecule has 0 bridgehead atoms. The van der Waals surface area contributed by atoms with Gasteiger partial charge in [-0.3, -0.25) is 4.79 Å². The number of hydrogen-bond acceptors (Lipinski definition) is 4. The molecule has 0 saturated heterocycles. The van der Waals surface area contributed by atoms with Crippen molar-refractivity contribution >= 4 is 5.97 Å². The zero-order valence-electron chi connectivity index (χ0n) is 9.20. The molecular formula is C11H14FNO3. The van der Waals surface area contributed by atoms with Crippen LogP contribution in [0, 0.1) is 5.82 Å². The molecule has 5 heteroatoms. The predicted molar refractivity (Wildman–Crippen MR) is 56.5 cm³/mol. The second kappa shape index (κ2) is 5.46. The highest BCUT2D eigenvalue weighted by molar-refractivity contribution is 5.70. The second-order valence-corrected chi connectivity index (χ2v) is 3.27. The molecule has 0 saturated carbocycles. The molecule has 1 aromatic carbocycles. The Morgan fingerprint density at radius 3 is 2.75 bits per heavy atom. The largest absolute Gasteiger partial charge is 0.496 e. The first-order valence-corrected chi connectivity index (χ1v) is 4.74. The molecule has 0 aliphatic heterocycles. The van der Waals surface area contributed by atoms with Gasteiger partial charge in [-0.05, 0) is 6.07 Å². The fourth-order valence-corrected chi connectivity index (χ4v) is 1.36. The first kappa shape index (κ1) is 12.4. The SMILES string of the molecule is COC(=O)C[C@@H](N)c1ccc(F)cc1OC. The summed E-state index contributed by atoms with van der Waals surface area (Å²) in [6.45, 7) is 0. The van der Waals surface area contributed by atoms with Crippen LogP contribution in [0.25, 0.3) is 0 Å². The number of halogens is 1. The topological polar surface area (TPSA) is 61.5 Å². The fraction of sp³-hybridized carbons (Fsp3) is 0.364. The van der Waals surface area contributed by atoms with E-state index in [1.807, 2.05) is 0 Å². The monoisotopic (exact) mass is 227 g/mol. The minimum absolute atomic E-state index is 0.0263. The van der Waals surface area contributed by atoms with Crippen LogP contribution in [-0.2, 0) is 9.53 Å². The van der Waals surface area contributed by atoms with Crippen LogP contribution in [0.4, 0.5) is 4.39 Å². The maximum atomic E-state index is 12.9. The van der Waals surface area contributed by atoms with Crippen molar-refractivity contribution < 1.29 is 18.7 Å². The van der Waals surface area contributed by atoms with Crippen LogP contribution in [0.1, 0.15) is 18.0 Å². The fourth-order valence-electron chi connectivity index (χ4n) is 1.36. The molecular weight excluding hydrogens is 213 g/mol. The van der Waals surface area contributed by atoms with E-state index >= 15 is 0 Å². The van der Waals surface area contributed by atoms with Gasteiger partial charge in [0, 0.05) is 17.7 Å². The average Bonchev–Trinajstić information content (AvgIpc) is 2.28. The van der Waals surface area contributed by atoms with Gasteiger partial charge in [-0.1, -0.05) is 6.07 Å². The number of benzene rings is 1. The molecule has 0 aliphatic carbocycles. The van der Waals surface area contributed by atoms with Gasteiger partial charge in [0.25, 0.3) is 0 Å². The van der Waals surface area contributed by atoms with Gasteiger partial charge in [0.2, 0.25) is 0 Å². The third-order valence-electron chi connectivity index (χ3n) is 2.21. The molecule has 0 radical (unpaired) electrons. The van der Waals surface area contributed by atoms with Crippen molar-refractivity contribution in [2.24, 2.45) is 5.73 Å². The molecule has 0 aromatic heterocycles. The first-order valence-electron chi connectivity index (χ1n) is 4.74. The molecule has 16 heavy (non-hydrogen) atoms. The van der Waals surface area contributed by atoms with Gasteiger partial charge in [-0.2, -0.15) is 0 Å². The summed E-state index contributed by atoms with van der Waals surface area (Å²) in [4.78, 5) is 11.0. The third-order valence-corrected chi connectivity index (χ3v) is 2.21. The first-order chi connectivity index (χ1) is 7.58. The van der Waals surface area contributed by atoms with Crippen molar-refractivity contribution in [3.8, 4) is 5.75 Å². The number of ether oxygens (including phenoxy) is 2. The Bertz CT molecular complexity index is 381. The minimum atomic E-state index is -0.567. The summed E-state index contributed by atoms with van der Waals surface area (Å²) >= 11 is 0. The van der Waals surface area contributed by atoms with Crippen LogP contribution in [0.15, 0.2) is 18.2 Å². The number of hydrogen-bond donors (Lipinski definition) is 1. The molecule has 0 amide bonds. The molecule has 1 aromatic rings. The van der Waals surface area contributed by atoms with Crippen molar-refractivity contribution in [3.05, 3.63) is 29.6 Å². The van der Waals surface area contributed by atoms with Crippen molar-refractivity contribution in [2.45, 2.75) is 12.5 Å². The zero-order valence-corrected chi connectivity index (χ0v) is 9.20. The molecule has 88 valence electrons. The van der Waals surface area contributed by atoms with E-state index < -0.39 is 17.8 Å². The number of nitrogens with two attached hydrogens (primary N) is 1. The van der Waals surface area contributed by atoms with Crippen molar-refractivity contribution in [2.75, 3.05) is 14.2 Å². The number of methoxy groups -OCH3 is 2. The van der Waals surface area contributed by atoms with Crippen molar-refractivity contribution in [1.29, 1.82) is 0 Å². The molecule has 0 spiro atoms. The van der Waals surface area contributed by atoms with Crippen molar-refractivity contribution in [3.63, 3.8) is 0 Å². The molecule has 0 aliphatic rings. The summed E-state index contributed by atoms with van der Waals surface area (Å²) in [5.41, 5.74) is 6.37. The summed E-state index contributed by atoms with van der Waals surface area (Å²) in [6, 6.07) is 3.44. The van der Waals surface area contributed by atoms with Gasteiger partial charge >= 0.3 is 5.97 Å². The lowest BCUT2D eigenvalue weighted by molar-refractivity contribution is -0.141. The summed E-state index contributed by atoms with van der Waals surface area (Å²) in [7, 11) is 2.71. The van der Waals surface area contributed by atoms with Gasteiger partial charge in [-0.25, -0.2) is 4.39 Å². The molecule has 0 heterocycles. The zero-order chi connectivity index (χ0) is 12.1. The van der Waals surface area contributed by atoms with E-state index in [9.17, 15) is 9.18 Å². The summed E-state index contributed by atoms with van der Waals surface area (Å²) in [6.07, 6.45) is 0.0263. The average molecular weight is 227 g/mol. The number of esters is 1. The maximum absolute atomic E-state index is 12.9. The summed E-state index contributed by atoms with van der Waals surface area (Å²) < 4.78 is 22.4. The quantitative estimate of drug-likeness (QED) is 0.790. The Labute approximate surface area is 93.2 Å². The van der Waals surface area contributed by atoms with Crippen LogP contribution in [0.3, 0.4) is 0 Å². The van der Waals surface area contributed by atoms with Crippen LogP contribution in [0.2, 0.25) is 0 Å². The highest BCUT2D eigenvalue weighted by Crippen LogP contribution is 2.26. The Hall–Kier alpha value is -1.62. The molecule has 1 atom stereocenters. The van der Waals surface area contributed by atoms with E-state index in [1.165, 1.54) is 32.4 Å².